The molecule has 0 aliphatic carbocycles. The number of hydrogen-bond donors (Lipinski definition) is 1. The highest BCUT2D eigenvalue weighted by molar-refractivity contribution is 5.91. The van der Waals surface area contributed by atoms with Crippen molar-refractivity contribution >= 4 is 12.0 Å². The van der Waals surface area contributed by atoms with E-state index in [4.69, 9.17) is 0 Å². The maximum absolute atomic E-state index is 13.0. The Morgan fingerprint density at radius 1 is 1.10 bits per heavy atom. The van der Waals surface area contributed by atoms with Crippen LogP contribution in [-0.2, 0) is 4.79 Å². The molecular weight excluding hydrogens is 272 g/mol. The van der Waals surface area contributed by atoms with Gasteiger partial charge >= 0.3 is 0 Å². The van der Waals surface area contributed by atoms with Crippen molar-refractivity contribution in [3.63, 3.8) is 0 Å². The lowest BCUT2D eigenvalue weighted by Gasteiger charge is -2.12. The van der Waals surface area contributed by atoms with E-state index < -0.39 is 0 Å². The van der Waals surface area contributed by atoms with Gasteiger partial charge < -0.3 is 5.32 Å². The summed E-state index contributed by atoms with van der Waals surface area (Å²) in [5.74, 6) is -0.961. The maximum atomic E-state index is 13.0. The lowest BCUT2D eigenvalue weighted by atomic mass is 10.1. The van der Waals surface area contributed by atoms with Crippen LogP contribution in [0.25, 0.3) is 6.08 Å². The molecule has 0 saturated heterocycles. The quantitative estimate of drug-likeness (QED) is 0.850. The van der Waals surface area contributed by atoms with Gasteiger partial charge in [0.25, 0.3) is 0 Å². The first-order valence-corrected chi connectivity index (χ1v) is 6.54. The van der Waals surface area contributed by atoms with Crippen molar-refractivity contribution in [2.24, 2.45) is 0 Å². The average Bonchev–Trinajstić information content (AvgIpc) is 2.46. The second-order valence-electron chi connectivity index (χ2n) is 4.67. The zero-order valence-electron chi connectivity index (χ0n) is 11.5. The number of halogens is 2. The molecule has 1 unspecified atom stereocenters. The van der Waals surface area contributed by atoms with E-state index in [1.54, 1.807) is 31.2 Å². The van der Waals surface area contributed by atoms with Crippen molar-refractivity contribution < 1.29 is 13.6 Å². The highest BCUT2D eigenvalue weighted by Crippen LogP contribution is 2.13. The van der Waals surface area contributed by atoms with Gasteiger partial charge in [-0.05, 0) is 48.4 Å². The lowest BCUT2D eigenvalue weighted by molar-refractivity contribution is -0.117. The molecule has 0 aromatic heterocycles. The molecule has 108 valence electrons. The molecule has 0 heterocycles. The molecule has 0 fully saturated rings. The van der Waals surface area contributed by atoms with Crippen LogP contribution < -0.4 is 5.32 Å². The van der Waals surface area contributed by atoms with Gasteiger partial charge in [0.15, 0.2) is 0 Å². The van der Waals surface area contributed by atoms with Crippen LogP contribution in [0.2, 0.25) is 0 Å². The molecule has 21 heavy (non-hydrogen) atoms. The van der Waals surface area contributed by atoms with Gasteiger partial charge in [0.2, 0.25) is 5.91 Å². The van der Waals surface area contributed by atoms with Crippen molar-refractivity contribution in [2.75, 3.05) is 0 Å². The molecule has 2 aromatic carbocycles. The highest BCUT2D eigenvalue weighted by atomic mass is 19.1. The molecule has 0 spiro atoms. The molecule has 0 aliphatic rings. The smallest absolute Gasteiger partial charge is 0.244 e. The van der Waals surface area contributed by atoms with Crippen LogP contribution in [0.15, 0.2) is 54.6 Å². The Bertz CT molecular complexity index is 650. The molecule has 2 aromatic rings. The third-order valence-corrected chi connectivity index (χ3v) is 3.00. The SMILES string of the molecule is CC(NC(=O)/C=C/c1cccc(F)c1)c1ccc(F)cc1. The van der Waals surface area contributed by atoms with E-state index >= 15 is 0 Å². The van der Waals surface area contributed by atoms with E-state index in [0.717, 1.165) is 5.56 Å². The van der Waals surface area contributed by atoms with Gasteiger partial charge in [0.05, 0.1) is 6.04 Å². The fourth-order valence-electron chi connectivity index (χ4n) is 1.88. The number of nitrogens with one attached hydrogen (secondary N) is 1. The number of amides is 1. The van der Waals surface area contributed by atoms with Gasteiger partial charge in [-0.3, -0.25) is 4.79 Å². The van der Waals surface area contributed by atoms with E-state index in [1.165, 1.54) is 36.4 Å². The molecule has 2 rings (SSSR count). The summed E-state index contributed by atoms with van der Waals surface area (Å²) in [6, 6.07) is 11.7. The van der Waals surface area contributed by atoms with Crippen molar-refractivity contribution in [1.29, 1.82) is 0 Å². The zero-order chi connectivity index (χ0) is 15.2. The summed E-state index contributed by atoms with van der Waals surface area (Å²) >= 11 is 0. The van der Waals surface area contributed by atoms with Gasteiger partial charge in [0.1, 0.15) is 11.6 Å². The normalized spacial score (nSPS) is 12.3. The fourth-order valence-corrected chi connectivity index (χ4v) is 1.88. The van der Waals surface area contributed by atoms with E-state index in [0.29, 0.717) is 5.56 Å². The van der Waals surface area contributed by atoms with Crippen LogP contribution in [0.1, 0.15) is 24.1 Å². The lowest BCUT2D eigenvalue weighted by Crippen LogP contribution is -2.24. The van der Waals surface area contributed by atoms with E-state index in [1.807, 2.05) is 0 Å². The molecular formula is C17H15F2NO. The summed E-state index contributed by atoms with van der Waals surface area (Å²) in [5, 5.41) is 2.76. The van der Waals surface area contributed by atoms with Crippen LogP contribution in [0.4, 0.5) is 8.78 Å². The molecule has 0 bridgehead atoms. The topological polar surface area (TPSA) is 29.1 Å². The Kier molecular flexibility index (Phi) is 4.82. The zero-order valence-corrected chi connectivity index (χ0v) is 11.5. The third kappa shape index (κ3) is 4.53. The van der Waals surface area contributed by atoms with Crippen molar-refractivity contribution in [2.45, 2.75) is 13.0 Å². The summed E-state index contributed by atoms with van der Waals surface area (Å²) in [6.07, 6.45) is 2.88. The van der Waals surface area contributed by atoms with Crippen molar-refractivity contribution in [3.05, 3.63) is 77.4 Å². The minimum atomic E-state index is -0.350. The van der Waals surface area contributed by atoms with E-state index in [9.17, 15) is 13.6 Å². The van der Waals surface area contributed by atoms with Crippen LogP contribution >= 0.6 is 0 Å². The summed E-state index contributed by atoms with van der Waals surface area (Å²) in [5.41, 5.74) is 1.42. The Labute approximate surface area is 122 Å². The predicted octanol–water partition coefficient (Wildman–Crippen LogP) is 3.86. The number of benzene rings is 2. The maximum Gasteiger partial charge on any atom is 0.244 e. The summed E-state index contributed by atoms with van der Waals surface area (Å²) in [4.78, 5) is 11.8. The first-order valence-electron chi connectivity index (χ1n) is 6.54. The largest absolute Gasteiger partial charge is 0.346 e. The molecule has 2 nitrogen and oxygen atoms in total. The van der Waals surface area contributed by atoms with E-state index in [2.05, 4.69) is 5.32 Å². The van der Waals surface area contributed by atoms with Gasteiger partial charge in [0, 0.05) is 6.08 Å². The molecule has 0 aliphatic heterocycles. The van der Waals surface area contributed by atoms with Gasteiger partial charge in [-0.25, -0.2) is 8.78 Å². The number of rotatable bonds is 4. The van der Waals surface area contributed by atoms with Gasteiger partial charge in [-0.1, -0.05) is 24.3 Å². The second kappa shape index (κ2) is 6.79. The van der Waals surface area contributed by atoms with Gasteiger partial charge in [-0.15, -0.1) is 0 Å². The summed E-state index contributed by atoms with van der Waals surface area (Å²) < 4.78 is 25.8. The monoisotopic (exact) mass is 287 g/mol. The highest BCUT2D eigenvalue weighted by Gasteiger charge is 2.07. The summed E-state index contributed by atoms with van der Waals surface area (Å²) in [7, 11) is 0. The molecule has 1 amide bonds. The minimum Gasteiger partial charge on any atom is -0.346 e. The average molecular weight is 287 g/mol. The van der Waals surface area contributed by atoms with Crippen LogP contribution in [0.3, 0.4) is 0 Å². The van der Waals surface area contributed by atoms with E-state index in [-0.39, 0.29) is 23.6 Å². The second-order valence-corrected chi connectivity index (χ2v) is 4.67. The Balaban J connectivity index is 1.96. The van der Waals surface area contributed by atoms with Crippen LogP contribution in [-0.4, -0.2) is 5.91 Å². The van der Waals surface area contributed by atoms with Crippen molar-refractivity contribution in [3.8, 4) is 0 Å². The van der Waals surface area contributed by atoms with Gasteiger partial charge in [-0.2, -0.15) is 0 Å². The third-order valence-electron chi connectivity index (χ3n) is 3.00. The predicted molar refractivity (Wildman–Crippen MR) is 78.4 cm³/mol. The Morgan fingerprint density at radius 3 is 2.48 bits per heavy atom. The van der Waals surface area contributed by atoms with Crippen LogP contribution in [0, 0.1) is 11.6 Å². The number of hydrogen-bond acceptors (Lipinski definition) is 1. The first kappa shape index (κ1) is 14.9. The van der Waals surface area contributed by atoms with Crippen LogP contribution in [0.5, 0.6) is 0 Å². The number of carbonyl (C=O) groups is 1. The molecule has 1 atom stereocenters. The fraction of sp³-hybridized carbons (Fsp3) is 0.118. The summed E-state index contributed by atoms with van der Waals surface area (Å²) in [6.45, 7) is 1.81. The molecule has 0 radical (unpaired) electrons. The Hall–Kier alpha value is -2.49. The minimum absolute atomic E-state index is 0.241. The molecule has 0 saturated carbocycles. The first-order chi connectivity index (χ1) is 10.0. The number of carbonyl (C=O) groups excluding carboxylic acids is 1. The standard InChI is InChI=1S/C17H15F2NO/c1-12(14-6-8-15(18)9-7-14)20-17(21)10-5-13-3-2-4-16(19)11-13/h2-12H,1H3,(H,20,21)/b10-5+. The molecule has 1 N–H and O–H groups in total. The molecule has 4 heteroatoms. The van der Waals surface area contributed by atoms with Crippen molar-refractivity contribution in [1.82, 2.24) is 5.32 Å². The Morgan fingerprint density at radius 2 is 1.81 bits per heavy atom.